The maximum absolute atomic E-state index is 11.6. The Labute approximate surface area is 87.8 Å². The van der Waals surface area contributed by atoms with Crippen molar-refractivity contribution >= 4 is 11.8 Å². The fourth-order valence-electron chi connectivity index (χ4n) is 1.17. The van der Waals surface area contributed by atoms with Crippen molar-refractivity contribution < 1.29 is 19.1 Å². The van der Waals surface area contributed by atoms with Crippen molar-refractivity contribution in [1.82, 2.24) is 0 Å². The number of hydrogen-bond donors (Lipinski definition) is 0. The largest absolute Gasteiger partial charge is 0.496 e. The van der Waals surface area contributed by atoms with Crippen LogP contribution >= 0.6 is 0 Å². The first-order valence-corrected chi connectivity index (χ1v) is 4.42. The third-order valence-corrected chi connectivity index (χ3v) is 1.94. The molecular formula is C11H12O4. The highest BCUT2D eigenvalue weighted by atomic mass is 16.5. The number of methoxy groups -OCH3 is 2. The second kappa shape index (κ2) is 5.14. The summed E-state index contributed by atoms with van der Waals surface area (Å²) in [5.41, 5.74) is 0.394. The third-order valence-electron chi connectivity index (χ3n) is 1.94. The Morgan fingerprint density at radius 3 is 2.47 bits per heavy atom. The molecule has 0 unspecified atom stereocenters. The van der Waals surface area contributed by atoms with E-state index in [1.165, 1.54) is 14.2 Å². The highest BCUT2D eigenvalue weighted by Gasteiger charge is 2.15. The van der Waals surface area contributed by atoms with Crippen LogP contribution in [0.4, 0.5) is 0 Å². The van der Waals surface area contributed by atoms with Crippen molar-refractivity contribution in [3.63, 3.8) is 0 Å². The molecule has 0 amide bonds. The highest BCUT2D eigenvalue weighted by molar-refractivity contribution is 6.07. The lowest BCUT2D eigenvalue weighted by atomic mass is 10.1. The molecule has 0 spiro atoms. The monoisotopic (exact) mass is 208 g/mol. The van der Waals surface area contributed by atoms with Crippen molar-refractivity contribution in [3.8, 4) is 5.75 Å². The lowest BCUT2D eigenvalue weighted by Gasteiger charge is -2.05. The number of ether oxygens (including phenoxy) is 2. The van der Waals surface area contributed by atoms with E-state index in [9.17, 15) is 9.59 Å². The number of hydrogen-bond acceptors (Lipinski definition) is 4. The number of carbonyl (C=O) groups is 2. The molecule has 80 valence electrons. The molecule has 0 aliphatic heterocycles. The van der Waals surface area contributed by atoms with Crippen LogP contribution in [0, 0.1) is 0 Å². The molecule has 0 atom stereocenters. The van der Waals surface area contributed by atoms with Gasteiger partial charge in [-0.25, -0.2) is 0 Å². The molecule has 15 heavy (non-hydrogen) atoms. The van der Waals surface area contributed by atoms with Gasteiger partial charge in [0.15, 0.2) is 5.78 Å². The molecule has 1 aromatic rings. The molecule has 4 heteroatoms. The molecule has 0 radical (unpaired) electrons. The van der Waals surface area contributed by atoms with Crippen molar-refractivity contribution in [1.29, 1.82) is 0 Å². The molecule has 1 aromatic carbocycles. The van der Waals surface area contributed by atoms with E-state index in [1.807, 2.05) is 0 Å². The lowest BCUT2D eigenvalue weighted by Crippen LogP contribution is -2.10. The number of benzene rings is 1. The topological polar surface area (TPSA) is 52.6 Å². The average molecular weight is 208 g/mol. The number of para-hydroxylation sites is 1. The standard InChI is InChI=1S/C11H12O4/c1-14-10-6-4-3-5-8(10)9(12)7-11(13)15-2/h3-6H,7H2,1-2H3. The SMILES string of the molecule is COC(=O)CC(=O)c1ccccc1OC. The Bertz CT molecular complexity index is 371. The minimum absolute atomic E-state index is 0.267. The van der Waals surface area contributed by atoms with Gasteiger partial charge in [-0.3, -0.25) is 9.59 Å². The van der Waals surface area contributed by atoms with E-state index in [1.54, 1.807) is 24.3 Å². The molecule has 0 fully saturated rings. The Morgan fingerprint density at radius 1 is 1.20 bits per heavy atom. The summed E-state index contributed by atoms with van der Waals surface area (Å²) in [4.78, 5) is 22.5. The normalized spacial score (nSPS) is 9.47. The first kappa shape index (κ1) is 11.2. The van der Waals surface area contributed by atoms with Crippen LogP contribution in [0.25, 0.3) is 0 Å². The van der Waals surface area contributed by atoms with Crippen LogP contribution < -0.4 is 4.74 Å². The zero-order valence-corrected chi connectivity index (χ0v) is 8.65. The quantitative estimate of drug-likeness (QED) is 0.427. The van der Waals surface area contributed by atoms with Gasteiger partial charge in [0.25, 0.3) is 0 Å². The zero-order valence-electron chi connectivity index (χ0n) is 8.65. The first-order valence-electron chi connectivity index (χ1n) is 4.42. The zero-order chi connectivity index (χ0) is 11.3. The van der Waals surface area contributed by atoms with E-state index >= 15 is 0 Å². The van der Waals surface area contributed by atoms with Gasteiger partial charge in [0.2, 0.25) is 0 Å². The van der Waals surface area contributed by atoms with Gasteiger partial charge in [0.1, 0.15) is 12.2 Å². The van der Waals surface area contributed by atoms with Gasteiger partial charge in [-0.15, -0.1) is 0 Å². The van der Waals surface area contributed by atoms with Crippen molar-refractivity contribution in [3.05, 3.63) is 29.8 Å². The summed E-state index contributed by atoms with van der Waals surface area (Å²) < 4.78 is 9.42. The van der Waals surface area contributed by atoms with Gasteiger partial charge in [-0.05, 0) is 12.1 Å². The summed E-state index contributed by atoms with van der Waals surface area (Å²) in [5.74, 6) is -0.392. The minimum Gasteiger partial charge on any atom is -0.496 e. The van der Waals surface area contributed by atoms with E-state index < -0.39 is 5.97 Å². The van der Waals surface area contributed by atoms with Crippen molar-refractivity contribution in [2.24, 2.45) is 0 Å². The van der Waals surface area contributed by atoms with Crippen LogP contribution in [0.15, 0.2) is 24.3 Å². The molecule has 0 bridgehead atoms. The van der Waals surface area contributed by atoms with Crippen molar-refractivity contribution in [2.45, 2.75) is 6.42 Å². The smallest absolute Gasteiger partial charge is 0.313 e. The highest BCUT2D eigenvalue weighted by Crippen LogP contribution is 2.18. The van der Waals surface area contributed by atoms with Crippen LogP contribution in [0.3, 0.4) is 0 Å². The summed E-state index contributed by atoms with van der Waals surface area (Å²) in [5, 5.41) is 0. The first-order chi connectivity index (χ1) is 7.19. The summed E-state index contributed by atoms with van der Waals surface area (Å²) in [6.07, 6.45) is -0.267. The molecule has 1 rings (SSSR count). The van der Waals surface area contributed by atoms with Gasteiger partial charge in [0, 0.05) is 0 Å². The Kier molecular flexibility index (Phi) is 3.85. The number of carbonyl (C=O) groups excluding carboxylic acids is 2. The van der Waals surface area contributed by atoms with Gasteiger partial charge in [0.05, 0.1) is 19.8 Å². The Hall–Kier alpha value is -1.84. The number of rotatable bonds is 4. The van der Waals surface area contributed by atoms with Gasteiger partial charge < -0.3 is 9.47 Å². The maximum atomic E-state index is 11.6. The molecule has 0 aliphatic carbocycles. The van der Waals surface area contributed by atoms with Crippen LogP contribution in [0.1, 0.15) is 16.8 Å². The van der Waals surface area contributed by atoms with E-state index in [0.29, 0.717) is 11.3 Å². The summed E-state index contributed by atoms with van der Waals surface area (Å²) in [6.45, 7) is 0. The maximum Gasteiger partial charge on any atom is 0.313 e. The van der Waals surface area contributed by atoms with Crippen molar-refractivity contribution in [2.75, 3.05) is 14.2 Å². The van der Waals surface area contributed by atoms with Gasteiger partial charge >= 0.3 is 5.97 Å². The number of esters is 1. The predicted molar refractivity (Wildman–Crippen MR) is 54.0 cm³/mol. The van der Waals surface area contributed by atoms with Gasteiger partial charge in [-0.2, -0.15) is 0 Å². The van der Waals surface area contributed by atoms with Crippen LogP contribution in [0.2, 0.25) is 0 Å². The second-order valence-electron chi connectivity index (χ2n) is 2.88. The van der Waals surface area contributed by atoms with E-state index in [4.69, 9.17) is 4.74 Å². The summed E-state index contributed by atoms with van der Waals surface area (Å²) in [6, 6.07) is 6.76. The van der Waals surface area contributed by atoms with E-state index in [-0.39, 0.29) is 12.2 Å². The molecule has 0 aromatic heterocycles. The Balaban J connectivity index is 2.86. The average Bonchev–Trinajstić information content (AvgIpc) is 2.28. The molecule has 4 nitrogen and oxygen atoms in total. The fourth-order valence-corrected chi connectivity index (χ4v) is 1.17. The van der Waals surface area contributed by atoms with Gasteiger partial charge in [-0.1, -0.05) is 12.1 Å². The summed E-state index contributed by atoms with van der Waals surface area (Å²) >= 11 is 0. The number of ketones is 1. The molecule has 0 N–H and O–H groups in total. The molecular weight excluding hydrogens is 196 g/mol. The number of Topliss-reactive ketones (excluding diaryl/α,β-unsaturated/α-hetero) is 1. The fraction of sp³-hybridized carbons (Fsp3) is 0.273. The van der Waals surface area contributed by atoms with Crippen LogP contribution in [-0.4, -0.2) is 26.0 Å². The predicted octanol–water partition coefficient (Wildman–Crippen LogP) is 1.44. The summed E-state index contributed by atoms with van der Waals surface area (Å²) in [7, 11) is 2.72. The minimum atomic E-state index is -0.550. The van der Waals surface area contributed by atoms with Crippen LogP contribution in [-0.2, 0) is 9.53 Å². The molecule has 0 saturated heterocycles. The van der Waals surface area contributed by atoms with Crippen LogP contribution in [0.5, 0.6) is 5.75 Å². The third kappa shape index (κ3) is 2.80. The molecule has 0 aliphatic rings. The van der Waals surface area contributed by atoms with E-state index in [2.05, 4.69) is 4.74 Å². The van der Waals surface area contributed by atoms with E-state index in [0.717, 1.165) is 0 Å². The second-order valence-corrected chi connectivity index (χ2v) is 2.88. The Morgan fingerprint density at radius 2 is 1.87 bits per heavy atom. The lowest BCUT2D eigenvalue weighted by molar-refractivity contribution is -0.139. The molecule has 0 saturated carbocycles. The molecule has 0 heterocycles.